The maximum Gasteiger partial charge on any atom is 0.227 e. The van der Waals surface area contributed by atoms with Gasteiger partial charge in [0.05, 0.1) is 32.1 Å². The molecule has 2 rings (SSSR count). The molecule has 0 spiro atoms. The highest BCUT2D eigenvalue weighted by Crippen LogP contribution is 2.34. The number of primary amides is 1. The molecule has 0 unspecified atom stereocenters. The quantitative estimate of drug-likeness (QED) is 0.818. The second-order valence-corrected chi connectivity index (χ2v) is 6.44. The Morgan fingerprint density at radius 3 is 2.71 bits per heavy atom. The van der Waals surface area contributed by atoms with Gasteiger partial charge < -0.3 is 20.1 Å². The molecule has 0 radical (unpaired) electrons. The number of methoxy groups -OCH3 is 2. The Morgan fingerprint density at radius 1 is 1.33 bits per heavy atom. The molecule has 1 saturated heterocycles. The standard InChI is InChI=1S/C18H26N2O4/c1-13-5-6-15(24-3)14(9-13)10-17(22)20-8-4-7-18(20,12-23-2)11-16(19)21/h5-6,9H,4,7-8,10-12H2,1-3H3,(H2,19,21)/t18-/m1/s1. The highest BCUT2D eigenvalue weighted by molar-refractivity contribution is 5.82. The van der Waals surface area contributed by atoms with E-state index in [1.807, 2.05) is 25.1 Å². The molecule has 1 aromatic rings. The largest absolute Gasteiger partial charge is 0.496 e. The summed E-state index contributed by atoms with van der Waals surface area (Å²) in [7, 11) is 3.17. The second-order valence-electron chi connectivity index (χ2n) is 6.44. The minimum atomic E-state index is -0.630. The van der Waals surface area contributed by atoms with Crippen LogP contribution in [-0.2, 0) is 20.7 Å². The third-order valence-corrected chi connectivity index (χ3v) is 4.59. The van der Waals surface area contributed by atoms with Crippen LogP contribution in [0.4, 0.5) is 0 Å². The Labute approximate surface area is 142 Å². The normalized spacial score (nSPS) is 20.2. The van der Waals surface area contributed by atoms with Gasteiger partial charge in [0.25, 0.3) is 0 Å². The summed E-state index contributed by atoms with van der Waals surface area (Å²) in [4.78, 5) is 26.2. The minimum absolute atomic E-state index is 0.0327. The lowest BCUT2D eigenvalue weighted by atomic mass is 9.92. The lowest BCUT2D eigenvalue weighted by Crippen LogP contribution is -2.53. The first-order valence-electron chi connectivity index (χ1n) is 8.13. The predicted molar refractivity (Wildman–Crippen MR) is 90.8 cm³/mol. The number of carbonyl (C=O) groups is 2. The number of nitrogens with zero attached hydrogens (tertiary/aromatic N) is 1. The summed E-state index contributed by atoms with van der Waals surface area (Å²) in [5.41, 5.74) is 6.70. The van der Waals surface area contributed by atoms with Gasteiger partial charge in [-0.3, -0.25) is 9.59 Å². The lowest BCUT2D eigenvalue weighted by Gasteiger charge is -2.37. The number of hydrogen-bond acceptors (Lipinski definition) is 4. The van der Waals surface area contributed by atoms with Gasteiger partial charge in [0.15, 0.2) is 0 Å². The van der Waals surface area contributed by atoms with E-state index in [1.54, 1.807) is 19.1 Å². The summed E-state index contributed by atoms with van der Waals surface area (Å²) in [6, 6.07) is 5.78. The smallest absolute Gasteiger partial charge is 0.227 e. The highest BCUT2D eigenvalue weighted by Gasteiger charge is 2.44. The molecule has 1 atom stereocenters. The van der Waals surface area contributed by atoms with Crippen molar-refractivity contribution < 1.29 is 19.1 Å². The number of hydrogen-bond donors (Lipinski definition) is 1. The van der Waals surface area contributed by atoms with Crippen molar-refractivity contribution in [2.45, 2.75) is 38.1 Å². The van der Waals surface area contributed by atoms with E-state index >= 15 is 0 Å². The average molecular weight is 334 g/mol. The van der Waals surface area contributed by atoms with Crippen molar-refractivity contribution in [1.29, 1.82) is 0 Å². The third kappa shape index (κ3) is 3.87. The van der Waals surface area contributed by atoms with Crippen LogP contribution in [-0.4, -0.2) is 49.6 Å². The SMILES string of the molecule is COC[C@]1(CC(N)=O)CCCN1C(=O)Cc1cc(C)ccc1OC. The van der Waals surface area contributed by atoms with Gasteiger partial charge in [0, 0.05) is 19.2 Å². The Kier molecular flexibility index (Phi) is 5.83. The molecule has 0 bridgehead atoms. The number of amides is 2. The Hall–Kier alpha value is -2.08. The number of benzene rings is 1. The molecule has 2 N–H and O–H groups in total. The molecule has 24 heavy (non-hydrogen) atoms. The molecular weight excluding hydrogens is 308 g/mol. The van der Waals surface area contributed by atoms with E-state index < -0.39 is 11.4 Å². The zero-order valence-corrected chi connectivity index (χ0v) is 14.6. The van der Waals surface area contributed by atoms with Crippen LogP contribution in [0.3, 0.4) is 0 Å². The van der Waals surface area contributed by atoms with Crippen molar-refractivity contribution >= 4 is 11.8 Å². The molecule has 6 nitrogen and oxygen atoms in total. The second kappa shape index (κ2) is 7.66. The molecule has 1 fully saturated rings. The highest BCUT2D eigenvalue weighted by atomic mass is 16.5. The van der Waals surface area contributed by atoms with Crippen LogP contribution in [0.2, 0.25) is 0 Å². The van der Waals surface area contributed by atoms with Gasteiger partial charge in [0.2, 0.25) is 11.8 Å². The number of aryl methyl sites for hydroxylation is 1. The molecule has 1 heterocycles. The van der Waals surface area contributed by atoms with Gasteiger partial charge in [-0.05, 0) is 25.8 Å². The molecular formula is C18H26N2O4. The number of likely N-dealkylation sites (tertiary alicyclic amines) is 1. The van der Waals surface area contributed by atoms with Crippen molar-refractivity contribution in [2.75, 3.05) is 27.4 Å². The maximum absolute atomic E-state index is 12.9. The number of rotatable bonds is 7. The van der Waals surface area contributed by atoms with Crippen molar-refractivity contribution in [1.82, 2.24) is 4.90 Å². The predicted octanol–water partition coefficient (Wildman–Crippen LogP) is 1.43. The van der Waals surface area contributed by atoms with Gasteiger partial charge >= 0.3 is 0 Å². The van der Waals surface area contributed by atoms with Crippen LogP contribution in [0.25, 0.3) is 0 Å². The molecule has 1 aliphatic heterocycles. The van der Waals surface area contributed by atoms with Crippen molar-refractivity contribution in [3.05, 3.63) is 29.3 Å². The van der Waals surface area contributed by atoms with E-state index in [-0.39, 0.29) is 18.7 Å². The number of nitrogens with two attached hydrogens (primary N) is 1. The van der Waals surface area contributed by atoms with Crippen LogP contribution in [0.15, 0.2) is 18.2 Å². The zero-order chi connectivity index (χ0) is 17.7. The van der Waals surface area contributed by atoms with Crippen LogP contribution in [0.1, 0.15) is 30.4 Å². The first-order valence-corrected chi connectivity index (χ1v) is 8.13. The molecule has 132 valence electrons. The molecule has 1 aliphatic rings. The molecule has 6 heteroatoms. The fraction of sp³-hybridized carbons (Fsp3) is 0.556. The monoisotopic (exact) mass is 334 g/mol. The van der Waals surface area contributed by atoms with Crippen molar-refractivity contribution in [3.63, 3.8) is 0 Å². The van der Waals surface area contributed by atoms with Crippen LogP contribution < -0.4 is 10.5 Å². The van der Waals surface area contributed by atoms with Crippen LogP contribution in [0, 0.1) is 6.92 Å². The Morgan fingerprint density at radius 2 is 2.08 bits per heavy atom. The fourth-order valence-corrected chi connectivity index (χ4v) is 3.61. The summed E-state index contributed by atoms with van der Waals surface area (Å²) < 4.78 is 10.7. The van der Waals surface area contributed by atoms with Gasteiger partial charge in [-0.1, -0.05) is 17.7 Å². The molecule has 0 aliphatic carbocycles. The average Bonchev–Trinajstić information content (AvgIpc) is 2.90. The summed E-state index contributed by atoms with van der Waals surface area (Å²) in [5, 5.41) is 0. The van der Waals surface area contributed by atoms with Crippen LogP contribution in [0.5, 0.6) is 5.75 Å². The van der Waals surface area contributed by atoms with E-state index in [2.05, 4.69) is 0 Å². The molecule has 2 amide bonds. The Balaban J connectivity index is 2.24. The van der Waals surface area contributed by atoms with E-state index in [9.17, 15) is 9.59 Å². The van der Waals surface area contributed by atoms with E-state index in [0.717, 1.165) is 24.0 Å². The van der Waals surface area contributed by atoms with E-state index in [4.69, 9.17) is 15.2 Å². The Bertz CT molecular complexity index is 617. The summed E-state index contributed by atoms with van der Waals surface area (Å²) in [5.74, 6) is 0.245. The minimum Gasteiger partial charge on any atom is -0.496 e. The van der Waals surface area contributed by atoms with Gasteiger partial charge in [0.1, 0.15) is 5.75 Å². The van der Waals surface area contributed by atoms with E-state index in [0.29, 0.717) is 18.9 Å². The number of ether oxygens (including phenoxy) is 2. The lowest BCUT2D eigenvalue weighted by molar-refractivity contribution is -0.138. The maximum atomic E-state index is 12.9. The topological polar surface area (TPSA) is 81.9 Å². The van der Waals surface area contributed by atoms with Crippen molar-refractivity contribution in [2.24, 2.45) is 5.73 Å². The fourth-order valence-electron chi connectivity index (χ4n) is 3.61. The van der Waals surface area contributed by atoms with Crippen molar-refractivity contribution in [3.8, 4) is 5.75 Å². The first-order chi connectivity index (χ1) is 11.4. The van der Waals surface area contributed by atoms with Gasteiger partial charge in [-0.15, -0.1) is 0 Å². The van der Waals surface area contributed by atoms with E-state index in [1.165, 1.54) is 0 Å². The molecule has 0 saturated carbocycles. The van der Waals surface area contributed by atoms with Crippen LogP contribution >= 0.6 is 0 Å². The summed E-state index contributed by atoms with van der Waals surface area (Å²) in [6.07, 6.45) is 1.92. The molecule has 0 aromatic heterocycles. The van der Waals surface area contributed by atoms with Gasteiger partial charge in [-0.25, -0.2) is 0 Å². The first kappa shape index (κ1) is 18.3. The van der Waals surface area contributed by atoms with Gasteiger partial charge in [-0.2, -0.15) is 0 Å². The third-order valence-electron chi connectivity index (χ3n) is 4.59. The molecule has 1 aromatic carbocycles. The zero-order valence-electron chi connectivity index (χ0n) is 14.6. The number of carbonyl (C=O) groups excluding carboxylic acids is 2. The summed E-state index contributed by atoms with van der Waals surface area (Å²) >= 11 is 0. The summed E-state index contributed by atoms with van der Waals surface area (Å²) in [6.45, 7) is 2.90.